The van der Waals surface area contributed by atoms with Gasteiger partial charge < -0.3 is 13.9 Å². The Morgan fingerprint density at radius 1 is 1.19 bits per heavy atom. The minimum Gasteiger partial charge on any atom is -0.468 e. The van der Waals surface area contributed by atoms with Crippen LogP contribution in [0.2, 0.25) is 0 Å². The van der Waals surface area contributed by atoms with Crippen molar-refractivity contribution in [3.8, 4) is 5.95 Å². The fraction of sp³-hybridized carbons (Fsp3) is 0.214. The van der Waals surface area contributed by atoms with Gasteiger partial charge in [0.1, 0.15) is 17.1 Å². The minimum atomic E-state index is -3.56. The van der Waals surface area contributed by atoms with E-state index in [4.69, 9.17) is 9.15 Å². The topological polar surface area (TPSA) is 82.8 Å². The standard InChI is InChI=1S/C14H14O6S/c1-18-13(15)12-8-10(20-14(12)19-2)9-21(16,17)11-6-4-3-5-7-11/h3-8H,9H2,1-2H3. The Bertz CT molecular complexity index is 730. The van der Waals surface area contributed by atoms with Crippen molar-refractivity contribution in [1.82, 2.24) is 0 Å². The lowest BCUT2D eigenvalue weighted by Crippen LogP contribution is -2.04. The second-order valence-corrected chi connectivity index (χ2v) is 6.17. The van der Waals surface area contributed by atoms with Crippen molar-refractivity contribution in [3.05, 3.63) is 47.7 Å². The molecule has 2 rings (SSSR count). The number of benzene rings is 1. The third kappa shape index (κ3) is 3.25. The number of esters is 1. The van der Waals surface area contributed by atoms with Gasteiger partial charge in [-0.05, 0) is 18.2 Å². The molecule has 0 fully saturated rings. The summed E-state index contributed by atoms with van der Waals surface area (Å²) in [5.74, 6) is -0.986. The maximum atomic E-state index is 12.2. The van der Waals surface area contributed by atoms with Crippen molar-refractivity contribution in [2.75, 3.05) is 14.2 Å². The monoisotopic (exact) mass is 310 g/mol. The molecule has 0 radical (unpaired) electrons. The van der Waals surface area contributed by atoms with Gasteiger partial charge in [0.2, 0.25) is 0 Å². The molecule has 0 amide bonds. The van der Waals surface area contributed by atoms with Crippen LogP contribution in [0.15, 0.2) is 45.7 Å². The molecule has 2 aromatic rings. The fourth-order valence-electron chi connectivity index (χ4n) is 1.80. The number of methoxy groups -OCH3 is 2. The van der Waals surface area contributed by atoms with Crippen LogP contribution in [0, 0.1) is 0 Å². The van der Waals surface area contributed by atoms with Gasteiger partial charge in [0.25, 0.3) is 5.95 Å². The molecule has 1 aromatic heterocycles. The van der Waals surface area contributed by atoms with Gasteiger partial charge in [0.05, 0.1) is 19.1 Å². The average Bonchev–Trinajstić information content (AvgIpc) is 2.89. The molecule has 6 nitrogen and oxygen atoms in total. The molecule has 1 aromatic carbocycles. The molecule has 0 aliphatic rings. The number of carbonyl (C=O) groups is 1. The Morgan fingerprint density at radius 2 is 1.86 bits per heavy atom. The van der Waals surface area contributed by atoms with Gasteiger partial charge in [-0.15, -0.1) is 0 Å². The van der Waals surface area contributed by atoms with Crippen LogP contribution >= 0.6 is 0 Å². The molecule has 0 saturated heterocycles. The van der Waals surface area contributed by atoms with E-state index in [1.807, 2.05) is 0 Å². The van der Waals surface area contributed by atoms with E-state index >= 15 is 0 Å². The van der Waals surface area contributed by atoms with Gasteiger partial charge in [-0.1, -0.05) is 18.2 Å². The van der Waals surface area contributed by atoms with Gasteiger partial charge in [-0.2, -0.15) is 0 Å². The molecule has 0 aliphatic heterocycles. The molecule has 0 spiro atoms. The van der Waals surface area contributed by atoms with Crippen LogP contribution in [-0.4, -0.2) is 28.6 Å². The van der Waals surface area contributed by atoms with Gasteiger partial charge in [0.15, 0.2) is 9.84 Å². The van der Waals surface area contributed by atoms with E-state index in [0.717, 1.165) is 0 Å². The number of furan rings is 1. The number of ether oxygens (including phenoxy) is 2. The SMILES string of the molecule is COC(=O)c1cc(CS(=O)(=O)c2ccccc2)oc1OC. The Hall–Kier alpha value is -2.28. The zero-order valence-corrected chi connectivity index (χ0v) is 12.3. The van der Waals surface area contributed by atoms with Crippen LogP contribution in [0.5, 0.6) is 5.95 Å². The van der Waals surface area contributed by atoms with Crippen LogP contribution in [0.4, 0.5) is 0 Å². The van der Waals surface area contributed by atoms with Crippen molar-refractivity contribution < 1.29 is 27.1 Å². The molecule has 0 N–H and O–H groups in total. The largest absolute Gasteiger partial charge is 0.468 e. The highest BCUT2D eigenvalue weighted by molar-refractivity contribution is 7.90. The first-order valence-electron chi connectivity index (χ1n) is 6.00. The third-order valence-corrected chi connectivity index (χ3v) is 4.43. The molecule has 0 saturated carbocycles. The second-order valence-electron chi connectivity index (χ2n) is 4.18. The predicted octanol–water partition coefficient (Wildman–Crippen LogP) is 2.05. The van der Waals surface area contributed by atoms with Crippen molar-refractivity contribution in [2.45, 2.75) is 10.6 Å². The first-order chi connectivity index (χ1) is 9.97. The summed E-state index contributed by atoms with van der Waals surface area (Å²) in [7, 11) is -1.02. The zero-order chi connectivity index (χ0) is 15.5. The first-order valence-corrected chi connectivity index (χ1v) is 7.66. The smallest absolute Gasteiger partial charge is 0.345 e. The summed E-state index contributed by atoms with van der Waals surface area (Å²) < 4.78 is 39.2. The zero-order valence-electron chi connectivity index (χ0n) is 11.5. The van der Waals surface area contributed by atoms with Crippen LogP contribution in [0.1, 0.15) is 16.1 Å². The number of hydrogen-bond acceptors (Lipinski definition) is 6. The highest BCUT2D eigenvalue weighted by Crippen LogP contribution is 2.27. The summed E-state index contributed by atoms with van der Waals surface area (Å²) in [6, 6.07) is 9.30. The first kappa shape index (κ1) is 15.1. The Morgan fingerprint density at radius 3 is 2.43 bits per heavy atom. The van der Waals surface area contributed by atoms with Crippen LogP contribution < -0.4 is 4.74 Å². The van der Waals surface area contributed by atoms with E-state index in [0.29, 0.717) is 0 Å². The normalized spacial score (nSPS) is 11.1. The van der Waals surface area contributed by atoms with Crippen LogP contribution in [-0.2, 0) is 20.3 Å². The maximum absolute atomic E-state index is 12.2. The van der Waals surface area contributed by atoms with E-state index in [9.17, 15) is 13.2 Å². The molecule has 0 bridgehead atoms. The van der Waals surface area contributed by atoms with Gasteiger partial charge >= 0.3 is 5.97 Å². The molecule has 0 unspecified atom stereocenters. The van der Waals surface area contributed by atoms with E-state index in [1.165, 1.54) is 32.4 Å². The van der Waals surface area contributed by atoms with E-state index in [2.05, 4.69) is 4.74 Å². The van der Waals surface area contributed by atoms with E-state index < -0.39 is 15.8 Å². The van der Waals surface area contributed by atoms with Crippen molar-refractivity contribution in [2.24, 2.45) is 0 Å². The lowest BCUT2D eigenvalue weighted by molar-refractivity contribution is 0.0594. The molecule has 0 aliphatic carbocycles. The summed E-state index contributed by atoms with van der Waals surface area (Å²) in [6.07, 6.45) is 0. The second kappa shape index (κ2) is 6.01. The van der Waals surface area contributed by atoms with Crippen LogP contribution in [0.25, 0.3) is 0 Å². The molecule has 112 valence electrons. The van der Waals surface area contributed by atoms with Crippen molar-refractivity contribution in [1.29, 1.82) is 0 Å². The predicted molar refractivity (Wildman–Crippen MR) is 73.9 cm³/mol. The minimum absolute atomic E-state index is 0.0539. The average molecular weight is 310 g/mol. The van der Waals surface area contributed by atoms with Crippen molar-refractivity contribution >= 4 is 15.8 Å². The molecule has 7 heteroatoms. The van der Waals surface area contributed by atoms with Gasteiger partial charge in [0, 0.05) is 0 Å². The quantitative estimate of drug-likeness (QED) is 0.786. The van der Waals surface area contributed by atoms with E-state index in [-0.39, 0.29) is 27.9 Å². The number of rotatable bonds is 5. The molecule has 21 heavy (non-hydrogen) atoms. The van der Waals surface area contributed by atoms with Crippen LogP contribution in [0.3, 0.4) is 0 Å². The number of hydrogen-bond donors (Lipinski definition) is 0. The van der Waals surface area contributed by atoms with E-state index in [1.54, 1.807) is 18.2 Å². The maximum Gasteiger partial charge on any atom is 0.345 e. The molecule has 0 atom stereocenters. The molecular weight excluding hydrogens is 296 g/mol. The summed E-state index contributed by atoms with van der Waals surface area (Å²) >= 11 is 0. The fourth-order valence-corrected chi connectivity index (χ4v) is 3.05. The Kier molecular flexibility index (Phi) is 4.32. The summed E-state index contributed by atoms with van der Waals surface area (Å²) in [4.78, 5) is 11.7. The number of sulfone groups is 1. The molecular formula is C14H14O6S. The highest BCUT2D eigenvalue weighted by Gasteiger charge is 2.23. The highest BCUT2D eigenvalue weighted by atomic mass is 32.2. The molecule has 1 heterocycles. The summed E-state index contributed by atoms with van der Waals surface area (Å²) in [6.45, 7) is 0. The van der Waals surface area contributed by atoms with Crippen molar-refractivity contribution in [3.63, 3.8) is 0 Å². The third-order valence-electron chi connectivity index (χ3n) is 2.77. The summed E-state index contributed by atoms with van der Waals surface area (Å²) in [5.41, 5.74) is 0.0539. The lowest BCUT2D eigenvalue weighted by Gasteiger charge is -2.01. The Labute approximate surface area is 122 Å². The summed E-state index contributed by atoms with van der Waals surface area (Å²) in [5, 5.41) is 0. The number of carbonyl (C=O) groups excluding carboxylic acids is 1. The lowest BCUT2D eigenvalue weighted by atomic mass is 10.3. The van der Waals surface area contributed by atoms with Gasteiger partial charge in [-0.25, -0.2) is 13.2 Å². The Balaban J connectivity index is 2.32. The van der Waals surface area contributed by atoms with Gasteiger partial charge in [-0.3, -0.25) is 0 Å².